The van der Waals surface area contributed by atoms with Crippen molar-refractivity contribution in [1.29, 1.82) is 0 Å². The third-order valence-corrected chi connectivity index (χ3v) is 5.36. The number of hydrogen-bond donors (Lipinski definition) is 1. The third kappa shape index (κ3) is 3.28. The molecule has 3 unspecified atom stereocenters. The predicted octanol–water partition coefficient (Wildman–Crippen LogP) is 2.55. The molecule has 0 spiro atoms. The first kappa shape index (κ1) is 13.9. The highest BCUT2D eigenvalue weighted by Crippen LogP contribution is 2.26. The van der Waals surface area contributed by atoms with Crippen molar-refractivity contribution in [3.8, 4) is 0 Å². The molecule has 1 heterocycles. The molecule has 2 nitrogen and oxygen atoms in total. The van der Waals surface area contributed by atoms with Crippen LogP contribution in [0, 0.1) is 0 Å². The fraction of sp³-hybridized carbons (Fsp3) is 0.600. The monoisotopic (exact) mass is 264 g/mol. The van der Waals surface area contributed by atoms with Gasteiger partial charge >= 0.3 is 0 Å². The van der Waals surface area contributed by atoms with Crippen LogP contribution in [-0.4, -0.2) is 41.6 Å². The lowest BCUT2D eigenvalue weighted by atomic mass is 9.98. The van der Waals surface area contributed by atoms with Gasteiger partial charge in [0.15, 0.2) is 0 Å². The van der Waals surface area contributed by atoms with E-state index in [1.165, 1.54) is 17.9 Å². The van der Waals surface area contributed by atoms with Gasteiger partial charge in [-0.3, -0.25) is 4.90 Å². The number of nitrogens with two attached hydrogens (primary N) is 1. The van der Waals surface area contributed by atoms with Crippen LogP contribution in [0.15, 0.2) is 30.3 Å². The lowest BCUT2D eigenvalue weighted by molar-refractivity contribution is 0.201. The normalized spacial score (nSPS) is 27.1. The first-order valence-corrected chi connectivity index (χ1v) is 7.88. The topological polar surface area (TPSA) is 29.3 Å². The van der Waals surface area contributed by atoms with E-state index < -0.39 is 0 Å². The minimum atomic E-state index is 0.462. The number of nitrogens with zero attached hydrogens (tertiary/aromatic N) is 1. The van der Waals surface area contributed by atoms with E-state index in [0.29, 0.717) is 12.0 Å². The fourth-order valence-electron chi connectivity index (χ4n) is 2.58. The lowest BCUT2D eigenvalue weighted by Crippen LogP contribution is -2.47. The van der Waals surface area contributed by atoms with E-state index >= 15 is 0 Å². The molecule has 3 heteroatoms. The number of benzene rings is 1. The largest absolute Gasteiger partial charge is 0.330 e. The van der Waals surface area contributed by atoms with Crippen LogP contribution in [0.3, 0.4) is 0 Å². The van der Waals surface area contributed by atoms with Gasteiger partial charge in [0.2, 0.25) is 0 Å². The highest BCUT2D eigenvalue weighted by atomic mass is 32.2. The molecule has 18 heavy (non-hydrogen) atoms. The molecular formula is C15H24N2S. The van der Waals surface area contributed by atoms with Crippen LogP contribution in [0.25, 0.3) is 0 Å². The Hall–Kier alpha value is -0.510. The first-order valence-electron chi connectivity index (χ1n) is 6.83. The maximum Gasteiger partial charge on any atom is 0.0184 e. The number of hydrogen-bond acceptors (Lipinski definition) is 3. The molecule has 2 N–H and O–H groups in total. The molecule has 3 atom stereocenters. The number of rotatable bonds is 4. The zero-order valence-electron chi connectivity index (χ0n) is 11.4. The molecule has 1 aromatic rings. The second kappa shape index (κ2) is 6.60. The second-order valence-corrected chi connectivity index (χ2v) is 6.64. The molecule has 2 rings (SSSR count). The van der Waals surface area contributed by atoms with Crippen LogP contribution in [0.4, 0.5) is 0 Å². The van der Waals surface area contributed by atoms with Crippen molar-refractivity contribution < 1.29 is 0 Å². The Morgan fingerprint density at radius 2 is 2.06 bits per heavy atom. The highest BCUT2D eigenvalue weighted by Gasteiger charge is 2.27. The standard InChI is InChI=1S/C15H24N2S/c1-12-13(2)18-9-8-17(12)11-15(10-16)14-6-4-3-5-7-14/h3-7,12-13,15H,8-11,16H2,1-2H3. The quantitative estimate of drug-likeness (QED) is 0.906. The van der Waals surface area contributed by atoms with E-state index in [1.807, 2.05) is 0 Å². The summed E-state index contributed by atoms with van der Waals surface area (Å²) in [5.74, 6) is 1.71. The summed E-state index contributed by atoms with van der Waals surface area (Å²) >= 11 is 2.09. The maximum absolute atomic E-state index is 5.97. The van der Waals surface area contributed by atoms with Crippen LogP contribution in [0.2, 0.25) is 0 Å². The van der Waals surface area contributed by atoms with Crippen molar-refractivity contribution in [3.63, 3.8) is 0 Å². The zero-order valence-corrected chi connectivity index (χ0v) is 12.2. The summed E-state index contributed by atoms with van der Waals surface area (Å²) in [5, 5.41) is 0.730. The average molecular weight is 264 g/mol. The molecule has 1 saturated heterocycles. The van der Waals surface area contributed by atoms with Crippen LogP contribution in [0.5, 0.6) is 0 Å². The molecule has 0 aromatic heterocycles. The molecule has 0 amide bonds. The summed E-state index contributed by atoms with van der Waals surface area (Å²) in [6.07, 6.45) is 0. The van der Waals surface area contributed by atoms with E-state index in [1.54, 1.807) is 0 Å². The minimum Gasteiger partial charge on any atom is -0.330 e. The second-order valence-electron chi connectivity index (χ2n) is 5.15. The Balaban J connectivity index is 2.02. The van der Waals surface area contributed by atoms with Gasteiger partial charge in [-0.05, 0) is 12.5 Å². The van der Waals surface area contributed by atoms with Gasteiger partial charge in [-0.15, -0.1) is 0 Å². The van der Waals surface area contributed by atoms with Gasteiger partial charge in [-0.1, -0.05) is 37.3 Å². The fourth-order valence-corrected chi connectivity index (χ4v) is 3.74. The average Bonchev–Trinajstić information content (AvgIpc) is 2.41. The molecule has 1 aromatic carbocycles. The van der Waals surface area contributed by atoms with Crippen molar-refractivity contribution in [2.75, 3.05) is 25.4 Å². The van der Waals surface area contributed by atoms with Crippen molar-refractivity contribution in [1.82, 2.24) is 4.90 Å². The van der Waals surface area contributed by atoms with E-state index in [4.69, 9.17) is 5.73 Å². The molecule has 0 saturated carbocycles. The van der Waals surface area contributed by atoms with Gasteiger partial charge in [0.25, 0.3) is 0 Å². The molecule has 1 fully saturated rings. The van der Waals surface area contributed by atoms with Crippen molar-refractivity contribution in [2.45, 2.75) is 31.1 Å². The zero-order chi connectivity index (χ0) is 13.0. The highest BCUT2D eigenvalue weighted by molar-refractivity contribution is 8.00. The lowest BCUT2D eigenvalue weighted by Gasteiger charge is -2.39. The van der Waals surface area contributed by atoms with Gasteiger partial charge in [0, 0.05) is 42.6 Å². The van der Waals surface area contributed by atoms with E-state index in [0.717, 1.165) is 18.3 Å². The van der Waals surface area contributed by atoms with E-state index in [2.05, 4.69) is 60.8 Å². The summed E-state index contributed by atoms with van der Waals surface area (Å²) in [6, 6.07) is 11.3. The molecule has 1 aliphatic rings. The summed E-state index contributed by atoms with van der Waals surface area (Å²) in [7, 11) is 0. The Morgan fingerprint density at radius 3 is 2.72 bits per heavy atom. The Morgan fingerprint density at radius 1 is 1.33 bits per heavy atom. The third-order valence-electron chi connectivity index (χ3n) is 4.02. The molecule has 0 aliphatic carbocycles. The van der Waals surface area contributed by atoms with Crippen LogP contribution >= 0.6 is 11.8 Å². The van der Waals surface area contributed by atoms with E-state index in [-0.39, 0.29) is 0 Å². The Kier molecular flexibility index (Phi) is 5.10. The van der Waals surface area contributed by atoms with Gasteiger partial charge < -0.3 is 5.73 Å². The minimum absolute atomic E-state index is 0.462. The van der Waals surface area contributed by atoms with Gasteiger partial charge in [-0.25, -0.2) is 0 Å². The van der Waals surface area contributed by atoms with Gasteiger partial charge in [-0.2, -0.15) is 11.8 Å². The van der Waals surface area contributed by atoms with Crippen LogP contribution in [-0.2, 0) is 0 Å². The van der Waals surface area contributed by atoms with Crippen molar-refractivity contribution in [2.24, 2.45) is 5.73 Å². The van der Waals surface area contributed by atoms with Crippen molar-refractivity contribution in [3.05, 3.63) is 35.9 Å². The molecule has 0 bridgehead atoms. The molecule has 100 valence electrons. The summed E-state index contributed by atoms with van der Waals surface area (Å²) in [4.78, 5) is 2.60. The van der Waals surface area contributed by atoms with Gasteiger partial charge in [0.05, 0.1) is 0 Å². The number of thioether (sulfide) groups is 1. The maximum atomic E-state index is 5.97. The van der Waals surface area contributed by atoms with E-state index in [9.17, 15) is 0 Å². The Bertz CT molecular complexity index is 355. The summed E-state index contributed by atoms with van der Waals surface area (Å²) < 4.78 is 0. The summed E-state index contributed by atoms with van der Waals surface area (Å²) in [5.41, 5.74) is 7.34. The van der Waals surface area contributed by atoms with Crippen LogP contribution < -0.4 is 5.73 Å². The smallest absolute Gasteiger partial charge is 0.0184 e. The van der Waals surface area contributed by atoms with Crippen molar-refractivity contribution >= 4 is 11.8 Å². The summed E-state index contributed by atoms with van der Waals surface area (Å²) in [6.45, 7) is 7.69. The Labute approximate surface area is 115 Å². The molecular weight excluding hydrogens is 240 g/mol. The predicted molar refractivity (Wildman–Crippen MR) is 81.2 cm³/mol. The van der Waals surface area contributed by atoms with Crippen LogP contribution in [0.1, 0.15) is 25.3 Å². The SMILES string of the molecule is CC1SCCN(CC(CN)c2ccccc2)C1C. The van der Waals surface area contributed by atoms with Gasteiger partial charge in [0.1, 0.15) is 0 Å². The first-order chi connectivity index (χ1) is 8.72. The molecule has 1 aliphatic heterocycles. The molecule has 0 radical (unpaired) electrons.